The summed E-state index contributed by atoms with van der Waals surface area (Å²) in [4.78, 5) is 12.2. The van der Waals surface area contributed by atoms with Crippen LogP contribution in [0.4, 0.5) is 10.2 Å². The third-order valence-corrected chi connectivity index (χ3v) is 5.44. The molecule has 14 heteroatoms. The van der Waals surface area contributed by atoms with Crippen molar-refractivity contribution >= 4 is 31.9 Å². The van der Waals surface area contributed by atoms with Crippen LogP contribution in [0, 0.1) is 5.82 Å². The van der Waals surface area contributed by atoms with E-state index in [9.17, 15) is 17.6 Å². The number of anilines is 1. The summed E-state index contributed by atoms with van der Waals surface area (Å²) in [6.07, 6.45) is 1.42. The van der Waals surface area contributed by atoms with Crippen LogP contribution < -0.4 is 11.1 Å². The number of rotatable bonds is 6. The van der Waals surface area contributed by atoms with Gasteiger partial charge in [-0.1, -0.05) is 5.16 Å². The Hall–Kier alpha value is -2.58. The molecule has 0 spiro atoms. The van der Waals surface area contributed by atoms with Crippen LogP contribution >= 0.6 is 15.9 Å². The van der Waals surface area contributed by atoms with Crippen molar-refractivity contribution in [3.63, 3.8) is 0 Å². The van der Waals surface area contributed by atoms with Gasteiger partial charge < -0.3 is 5.32 Å². The number of benzene rings is 1. The molecule has 0 radical (unpaired) electrons. The Morgan fingerprint density at radius 2 is 2.07 bits per heavy atom. The van der Waals surface area contributed by atoms with Crippen molar-refractivity contribution in [1.29, 1.82) is 0 Å². The molecule has 11 nitrogen and oxygen atoms in total. The van der Waals surface area contributed by atoms with E-state index in [1.165, 1.54) is 18.2 Å². The first kappa shape index (κ1) is 19.7. The van der Waals surface area contributed by atoms with E-state index in [2.05, 4.69) is 36.7 Å². The summed E-state index contributed by atoms with van der Waals surface area (Å²) in [5.41, 5.74) is 0.391. The highest BCUT2D eigenvalue weighted by atomic mass is 79.9. The van der Waals surface area contributed by atoms with E-state index in [0.717, 1.165) is 10.8 Å². The van der Waals surface area contributed by atoms with Crippen LogP contribution in [0.15, 0.2) is 36.6 Å². The van der Waals surface area contributed by atoms with Gasteiger partial charge in [-0.2, -0.15) is 8.42 Å². The van der Waals surface area contributed by atoms with Crippen molar-refractivity contribution < 1.29 is 26.1 Å². The van der Waals surface area contributed by atoms with Gasteiger partial charge in [-0.3, -0.25) is 8.71 Å². The maximum Gasteiger partial charge on any atom is 0.446 e. The largest absolute Gasteiger partial charge is 0.446 e. The highest BCUT2D eigenvalue weighted by Gasteiger charge is 2.34. The van der Waals surface area contributed by atoms with Gasteiger partial charge in [0.15, 0.2) is 5.69 Å². The van der Waals surface area contributed by atoms with Gasteiger partial charge in [-0.25, -0.2) is 18.4 Å². The topological polar surface area (TPSA) is 142 Å². The fourth-order valence-corrected chi connectivity index (χ4v) is 3.90. The molecule has 0 amide bonds. The molecule has 1 aliphatic carbocycles. The van der Waals surface area contributed by atoms with Crippen LogP contribution in [0.3, 0.4) is 0 Å². The highest BCUT2D eigenvalue weighted by molar-refractivity contribution is 9.10. The smallest absolute Gasteiger partial charge is 0.362 e. The second-order valence-electron chi connectivity index (χ2n) is 6.40. The molecule has 0 saturated heterocycles. The first-order valence-electron chi connectivity index (χ1n) is 8.23. The molecular formula is C15H13BrFN5O6S. The third-order valence-electron chi connectivity index (χ3n) is 4.21. The van der Waals surface area contributed by atoms with Crippen molar-refractivity contribution in [3.05, 3.63) is 39.0 Å². The van der Waals surface area contributed by atoms with E-state index in [1.54, 1.807) is 0 Å². The zero-order chi connectivity index (χ0) is 20.8. The number of aromatic nitrogens is 4. The van der Waals surface area contributed by atoms with E-state index in [1.807, 2.05) is 0 Å². The number of hydrogen-bond donors (Lipinski definition) is 1. The molecule has 1 saturated carbocycles. The molecule has 0 bridgehead atoms. The minimum atomic E-state index is -3.53. The standard InChI is InChI=1S/C15H13BrFN5O6S/c1-29(24,25)27-9-4-7(5-9)18-13-12(19-28-20-13)14-21-26-15(23)22(14)8-2-3-11(17)10(16)6-8/h2-3,6-7,9H,4-5H2,1H3,(H,18,20). The Balaban J connectivity index is 1.58. The molecule has 0 atom stereocenters. The van der Waals surface area contributed by atoms with E-state index in [0.29, 0.717) is 18.5 Å². The highest BCUT2D eigenvalue weighted by Crippen LogP contribution is 2.31. The predicted molar refractivity (Wildman–Crippen MR) is 99.4 cm³/mol. The molecule has 154 valence electrons. The third kappa shape index (κ3) is 4.09. The van der Waals surface area contributed by atoms with E-state index < -0.39 is 27.8 Å². The van der Waals surface area contributed by atoms with Crippen molar-refractivity contribution in [1.82, 2.24) is 20.0 Å². The number of halogens is 2. The summed E-state index contributed by atoms with van der Waals surface area (Å²) >= 11 is 3.07. The first-order chi connectivity index (χ1) is 13.7. The lowest BCUT2D eigenvalue weighted by Gasteiger charge is -2.34. The van der Waals surface area contributed by atoms with Crippen LogP contribution in [0.2, 0.25) is 0 Å². The molecule has 1 fully saturated rings. The Morgan fingerprint density at radius 3 is 2.76 bits per heavy atom. The van der Waals surface area contributed by atoms with Gasteiger partial charge in [0.05, 0.1) is 22.5 Å². The van der Waals surface area contributed by atoms with E-state index in [4.69, 9.17) is 13.3 Å². The van der Waals surface area contributed by atoms with Gasteiger partial charge in [-0.05, 0) is 57.3 Å². The number of nitrogens with zero attached hydrogens (tertiary/aromatic N) is 4. The van der Waals surface area contributed by atoms with Gasteiger partial charge in [0.1, 0.15) is 5.82 Å². The monoisotopic (exact) mass is 489 g/mol. The van der Waals surface area contributed by atoms with Gasteiger partial charge in [0, 0.05) is 6.04 Å². The first-order valence-corrected chi connectivity index (χ1v) is 10.8. The summed E-state index contributed by atoms with van der Waals surface area (Å²) in [6.45, 7) is 0. The molecule has 3 aromatic rings. The van der Waals surface area contributed by atoms with Crippen molar-refractivity contribution in [2.45, 2.75) is 25.0 Å². The second-order valence-corrected chi connectivity index (χ2v) is 8.86. The average Bonchev–Trinajstić information content (AvgIpc) is 3.20. The average molecular weight is 490 g/mol. The predicted octanol–water partition coefficient (Wildman–Crippen LogP) is 1.70. The molecule has 0 unspecified atom stereocenters. The molecule has 1 aromatic carbocycles. The maximum atomic E-state index is 13.5. The van der Waals surface area contributed by atoms with E-state index >= 15 is 0 Å². The lowest BCUT2D eigenvalue weighted by Crippen LogP contribution is -2.41. The summed E-state index contributed by atoms with van der Waals surface area (Å²) in [5, 5.41) is 14.3. The van der Waals surface area contributed by atoms with Crippen LogP contribution in [0.5, 0.6) is 0 Å². The van der Waals surface area contributed by atoms with Gasteiger partial charge >= 0.3 is 5.76 Å². The van der Waals surface area contributed by atoms with Crippen LogP contribution in [-0.2, 0) is 14.3 Å². The van der Waals surface area contributed by atoms with Crippen LogP contribution in [0.1, 0.15) is 12.8 Å². The van der Waals surface area contributed by atoms with Crippen molar-refractivity contribution in [2.75, 3.05) is 11.6 Å². The summed E-state index contributed by atoms with van der Waals surface area (Å²) in [5.74, 6) is -1.12. The lowest BCUT2D eigenvalue weighted by atomic mass is 9.89. The Morgan fingerprint density at radius 1 is 1.31 bits per heavy atom. The number of hydrogen-bond acceptors (Lipinski definition) is 10. The van der Waals surface area contributed by atoms with Crippen LogP contribution in [-0.4, -0.2) is 46.9 Å². The zero-order valence-corrected chi connectivity index (χ0v) is 17.1. The SMILES string of the molecule is CS(=O)(=O)OC1CC(Nc2nonc2-c2noc(=O)n2-c2ccc(F)c(Br)c2)C1. The number of nitrogens with one attached hydrogen (secondary N) is 1. The second kappa shape index (κ2) is 7.35. The Labute approximate surface area is 171 Å². The normalized spacial score (nSPS) is 19.1. The summed E-state index contributed by atoms with van der Waals surface area (Å²) < 4.78 is 51.5. The van der Waals surface area contributed by atoms with Gasteiger partial charge in [0.25, 0.3) is 10.1 Å². The molecule has 1 aliphatic rings. The quantitative estimate of drug-likeness (QED) is 0.508. The molecule has 4 rings (SSSR count). The minimum absolute atomic E-state index is 0.000479. The molecule has 1 N–H and O–H groups in total. The molecule has 29 heavy (non-hydrogen) atoms. The van der Waals surface area contributed by atoms with Crippen molar-refractivity contribution in [2.24, 2.45) is 0 Å². The van der Waals surface area contributed by atoms with Crippen molar-refractivity contribution in [3.8, 4) is 17.2 Å². The summed E-state index contributed by atoms with van der Waals surface area (Å²) in [6, 6.07) is 3.80. The molecule has 2 aromatic heterocycles. The minimum Gasteiger partial charge on any atom is -0.362 e. The van der Waals surface area contributed by atoms with Gasteiger partial charge in [-0.15, -0.1) is 0 Å². The lowest BCUT2D eigenvalue weighted by molar-refractivity contribution is 0.116. The molecule has 0 aliphatic heterocycles. The fraction of sp³-hybridized carbons (Fsp3) is 0.333. The molecular weight excluding hydrogens is 477 g/mol. The maximum absolute atomic E-state index is 13.5. The Kier molecular flexibility index (Phi) is 5.00. The van der Waals surface area contributed by atoms with E-state index in [-0.39, 0.29) is 27.9 Å². The molecule has 2 heterocycles. The van der Waals surface area contributed by atoms with Crippen LogP contribution in [0.25, 0.3) is 17.2 Å². The summed E-state index contributed by atoms with van der Waals surface area (Å²) in [7, 11) is -3.53. The fourth-order valence-electron chi connectivity index (χ4n) is 2.88. The Bertz CT molecular complexity index is 1220. The zero-order valence-electron chi connectivity index (χ0n) is 14.7. The van der Waals surface area contributed by atoms with Gasteiger partial charge in [0.2, 0.25) is 11.6 Å².